The first-order valence-corrected chi connectivity index (χ1v) is 16.6. The molecule has 0 aliphatic heterocycles. The molecule has 1 atom stereocenters. The number of halogens is 3. The van der Waals surface area contributed by atoms with Crippen molar-refractivity contribution in [2.45, 2.75) is 78.6 Å². The van der Waals surface area contributed by atoms with Gasteiger partial charge in [-0.1, -0.05) is 74.4 Å². The second-order valence-electron chi connectivity index (χ2n) is 8.95. The van der Waals surface area contributed by atoms with Crippen molar-refractivity contribution in [2.24, 2.45) is 0 Å². The Morgan fingerprint density at radius 1 is 0.696 bits per heavy atom. The molecule has 0 aliphatic carbocycles. The third-order valence-corrected chi connectivity index (χ3v) is 4.28. The molecule has 0 spiro atoms. The monoisotopic (exact) mass is 457 g/mol. The summed E-state index contributed by atoms with van der Waals surface area (Å²) >= 11 is -1.92. The quantitative estimate of drug-likeness (QED) is 0.298. The Morgan fingerprint density at radius 2 is 0.957 bits per heavy atom. The van der Waals surface area contributed by atoms with Gasteiger partial charge in [-0.05, 0) is 38.2 Å². The van der Waals surface area contributed by atoms with Gasteiger partial charge in [0, 0.05) is 0 Å². The van der Waals surface area contributed by atoms with Gasteiger partial charge in [-0.15, -0.1) is 9.24 Å². The normalized spacial score (nSPS) is 13.0. The van der Waals surface area contributed by atoms with Crippen molar-refractivity contribution in [1.82, 2.24) is 0 Å². The van der Waals surface area contributed by atoms with E-state index in [1.54, 1.807) is 0 Å². The van der Waals surface area contributed by atoms with Crippen molar-refractivity contribution < 1.29 is 0 Å². The molecule has 0 heterocycles. The molecule has 23 heavy (non-hydrogen) atoms. The van der Waals surface area contributed by atoms with E-state index in [1.807, 2.05) is 0 Å². The van der Waals surface area contributed by atoms with Crippen molar-refractivity contribution in [1.29, 1.82) is 0 Å². The molecule has 1 rings (SSSR count). The Labute approximate surface area is 162 Å². The standard InChI is InChI=1S/C18H31P.Cl3Ge/c1-16(2,3)12-10-13(17(4,5)6)15(19)14(11-12)18(7,8)9;1-4(2)3/h10-11H,19H2,1-9H3;. The predicted octanol–water partition coefficient (Wildman–Crippen LogP) is 6.77. The summed E-state index contributed by atoms with van der Waals surface area (Å²) in [4.78, 5) is 0. The van der Waals surface area contributed by atoms with Crippen LogP contribution >= 0.6 is 39.3 Å². The van der Waals surface area contributed by atoms with Gasteiger partial charge in [0.2, 0.25) is 0 Å². The minimum atomic E-state index is -1.92. The Morgan fingerprint density at radius 3 is 1.13 bits per heavy atom. The van der Waals surface area contributed by atoms with Gasteiger partial charge in [-0.25, -0.2) is 0 Å². The van der Waals surface area contributed by atoms with Crippen molar-refractivity contribution in [3.63, 3.8) is 0 Å². The number of hydrogen-bond donors (Lipinski definition) is 0. The van der Waals surface area contributed by atoms with Gasteiger partial charge < -0.3 is 0 Å². The Balaban J connectivity index is 0.00000108. The average Bonchev–Trinajstić information content (AvgIpc) is 2.23. The van der Waals surface area contributed by atoms with E-state index in [9.17, 15) is 0 Å². The second-order valence-corrected chi connectivity index (χ2v) is 19.3. The van der Waals surface area contributed by atoms with Crippen LogP contribution in [0.15, 0.2) is 12.1 Å². The Bertz CT molecular complexity index is 483. The van der Waals surface area contributed by atoms with E-state index in [0.717, 1.165) is 0 Å². The second kappa shape index (κ2) is 8.63. The SMILES string of the molecule is CC(C)(C)c1cc(C(C)(C)C)c(P)c(C(C)(C)C)c1.[Cl][Ge]([Cl])[Cl]. The van der Waals surface area contributed by atoms with Crippen molar-refractivity contribution in [3.8, 4) is 0 Å². The molecule has 0 nitrogen and oxygen atoms in total. The first-order chi connectivity index (χ1) is 9.98. The van der Waals surface area contributed by atoms with E-state index in [2.05, 4.69) is 83.7 Å². The molecule has 1 aromatic carbocycles. The fourth-order valence-corrected chi connectivity index (χ4v) is 3.36. The Hall–Kier alpha value is 1.06. The van der Waals surface area contributed by atoms with Crippen LogP contribution in [0.5, 0.6) is 0 Å². The summed E-state index contributed by atoms with van der Waals surface area (Å²) in [7, 11) is 17.9. The van der Waals surface area contributed by atoms with Crippen molar-refractivity contribution in [2.75, 3.05) is 0 Å². The third-order valence-electron chi connectivity index (χ3n) is 3.66. The molecule has 0 fully saturated rings. The third kappa shape index (κ3) is 8.32. The topological polar surface area (TPSA) is 0 Å². The van der Waals surface area contributed by atoms with Gasteiger partial charge in [0.1, 0.15) is 0 Å². The van der Waals surface area contributed by atoms with Crippen molar-refractivity contribution in [3.05, 3.63) is 28.8 Å². The molecule has 0 N–H and O–H groups in total. The van der Waals surface area contributed by atoms with Crippen LogP contribution in [0.3, 0.4) is 0 Å². The molecule has 5 heteroatoms. The fourth-order valence-electron chi connectivity index (χ4n) is 2.33. The van der Waals surface area contributed by atoms with E-state index in [-0.39, 0.29) is 16.2 Å². The molecule has 1 radical (unpaired) electrons. The Kier molecular flexibility index (Phi) is 9.03. The van der Waals surface area contributed by atoms with Gasteiger partial charge in [0.25, 0.3) is 0 Å². The summed E-state index contributed by atoms with van der Waals surface area (Å²) < 4.78 is 0. The predicted molar refractivity (Wildman–Crippen MR) is 115 cm³/mol. The van der Waals surface area contributed by atoms with Crippen LogP contribution in [0.25, 0.3) is 0 Å². The van der Waals surface area contributed by atoms with Crippen LogP contribution < -0.4 is 5.30 Å². The van der Waals surface area contributed by atoms with E-state index in [0.29, 0.717) is 0 Å². The molecule has 1 unspecified atom stereocenters. The number of hydrogen-bond acceptors (Lipinski definition) is 0. The zero-order valence-electron chi connectivity index (χ0n) is 15.9. The average molecular weight is 457 g/mol. The maximum absolute atomic E-state index is 4.97. The molecular weight excluding hydrogens is 426 g/mol. The molecule has 0 aliphatic rings. The first-order valence-electron chi connectivity index (χ1n) is 7.76. The summed E-state index contributed by atoms with van der Waals surface area (Å²) in [6.07, 6.45) is 0. The van der Waals surface area contributed by atoms with Gasteiger partial charge in [0.05, 0.1) is 0 Å². The molecule has 0 saturated heterocycles. The summed E-state index contributed by atoms with van der Waals surface area (Å²) in [6.45, 7) is 20.7. The van der Waals surface area contributed by atoms with Crippen LogP contribution in [-0.4, -0.2) is 11.6 Å². The van der Waals surface area contributed by atoms with E-state index in [1.165, 1.54) is 22.0 Å². The van der Waals surface area contributed by atoms with Crippen LogP contribution in [0.4, 0.5) is 0 Å². The molecule has 0 aromatic heterocycles. The molecular formula is C18H31Cl3GeP. The van der Waals surface area contributed by atoms with Crippen LogP contribution in [-0.2, 0) is 16.2 Å². The van der Waals surface area contributed by atoms with Crippen LogP contribution in [0, 0.1) is 0 Å². The van der Waals surface area contributed by atoms with E-state index < -0.39 is 11.6 Å². The first kappa shape index (κ1) is 24.1. The van der Waals surface area contributed by atoms with Gasteiger partial charge in [0.15, 0.2) is 0 Å². The molecule has 1 aromatic rings. The zero-order chi connectivity index (χ0) is 18.8. The number of rotatable bonds is 0. The van der Waals surface area contributed by atoms with Gasteiger partial charge in [-0.2, -0.15) is 0 Å². The molecule has 0 saturated carbocycles. The minimum absolute atomic E-state index is 0.179. The molecule has 133 valence electrons. The van der Waals surface area contributed by atoms with Crippen molar-refractivity contribution >= 4 is 56.1 Å². The molecule has 0 bridgehead atoms. The van der Waals surface area contributed by atoms with Crippen LogP contribution in [0.1, 0.15) is 79.0 Å². The number of benzene rings is 1. The summed E-state index contributed by atoms with van der Waals surface area (Å²) in [5.41, 5.74) is 4.90. The van der Waals surface area contributed by atoms with Crippen LogP contribution in [0.2, 0.25) is 0 Å². The zero-order valence-corrected chi connectivity index (χ0v) is 21.4. The molecule has 0 amide bonds. The van der Waals surface area contributed by atoms with Gasteiger partial charge >= 0.3 is 41.6 Å². The van der Waals surface area contributed by atoms with Gasteiger partial charge in [-0.3, -0.25) is 0 Å². The summed E-state index contributed by atoms with van der Waals surface area (Å²) in [5, 5.41) is 1.38. The summed E-state index contributed by atoms with van der Waals surface area (Å²) in [5.74, 6) is 0. The maximum atomic E-state index is 4.97. The van der Waals surface area contributed by atoms with E-state index >= 15 is 0 Å². The van der Waals surface area contributed by atoms with E-state index in [4.69, 9.17) is 30.0 Å². The summed E-state index contributed by atoms with van der Waals surface area (Å²) in [6, 6.07) is 4.80. The fraction of sp³-hybridized carbons (Fsp3) is 0.667.